The van der Waals surface area contributed by atoms with E-state index in [1.54, 1.807) is 6.92 Å². The average molecular weight is 300 g/mol. The largest absolute Gasteiger partial charge is 0.461 e. The van der Waals surface area contributed by atoms with Gasteiger partial charge in [-0.05, 0) is 37.3 Å². The fourth-order valence-electron chi connectivity index (χ4n) is 2.34. The lowest BCUT2D eigenvalue weighted by Gasteiger charge is -2.02. The molecule has 2 aromatic rings. The molecule has 0 aliphatic heterocycles. The first kappa shape index (κ1) is 14.4. The van der Waals surface area contributed by atoms with Crippen LogP contribution in [0.3, 0.4) is 0 Å². The Balaban J connectivity index is 1.64. The molecule has 1 aliphatic carbocycles. The molecule has 1 saturated carbocycles. The monoisotopic (exact) mass is 300 g/mol. The van der Waals surface area contributed by atoms with Crippen molar-refractivity contribution in [1.29, 1.82) is 0 Å². The maximum absolute atomic E-state index is 11.4. The summed E-state index contributed by atoms with van der Waals surface area (Å²) in [4.78, 5) is 15.9. The van der Waals surface area contributed by atoms with Crippen LogP contribution in [-0.2, 0) is 16.1 Å². The lowest BCUT2D eigenvalue weighted by atomic mass is 10.2. The minimum absolute atomic E-state index is 0.0571. The van der Waals surface area contributed by atoms with Crippen LogP contribution in [0, 0.1) is 0 Å². The molecule has 0 amide bonds. The first-order valence-corrected chi connectivity index (χ1v) is 7.51. The van der Waals surface area contributed by atoms with Gasteiger partial charge in [-0.2, -0.15) is 0 Å². The second kappa shape index (κ2) is 6.09. The Hall–Kier alpha value is -2.50. The first-order chi connectivity index (χ1) is 10.7. The first-order valence-electron chi connectivity index (χ1n) is 7.51. The van der Waals surface area contributed by atoms with E-state index in [2.05, 4.69) is 22.6 Å². The van der Waals surface area contributed by atoms with Gasteiger partial charge < -0.3 is 20.2 Å². The average Bonchev–Trinajstić information content (AvgIpc) is 3.27. The molecule has 1 aliphatic rings. The molecule has 3 rings (SSSR count). The summed E-state index contributed by atoms with van der Waals surface area (Å²) in [5, 5.41) is 2.99. The highest BCUT2D eigenvalue weighted by molar-refractivity contribution is 5.87. The minimum Gasteiger partial charge on any atom is -0.461 e. The number of pyridine rings is 1. The number of rotatable bonds is 6. The Morgan fingerprint density at radius 1 is 1.50 bits per heavy atom. The van der Waals surface area contributed by atoms with Crippen LogP contribution in [0.15, 0.2) is 36.4 Å². The number of imidazole rings is 1. The van der Waals surface area contributed by atoms with Gasteiger partial charge in [0, 0.05) is 18.6 Å². The summed E-state index contributed by atoms with van der Waals surface area (Å²) >= 11 is 0. The number of esters is 1. The van der Waals surface area contributed by atoms with Crippen LogP contribution in [0.2, 0.25) is 0 Å². The van der Waals surface area contributed by atoms with Crippen molar-refractivity contribution in [2.45, 2.75) is 32.2 Å². The van der Waals surface area contributed by atoms with Gasteiger partial charge >= 0.3 is 5.97 Å². The lowest BCUT2D eigenvalue weighted by molar-refractivity contribution is -0.138. The fraction of sp³-hybridized carbons (Fsp3) is 0.375. The number of nitrogens with two attached hydrogens (primary N) is 1. The van der Waals surface area contributed by atoms with Gasteiger partial charge in [0.1, 0.15) is 11.3 Å². The molecule has 6 heteroatoms. The fourth-order valence-corrected chi connectivity index (χ4v) is 2.34. The maximum Gasteiger partial charge on any atom is 0.355 e. The molecule has 0 unspecified atom stereocenters. The third-order valence-electron chi connectivity index (χ3n) is 3.62. The Kier molecular flexibility index (Phi) is 4.00. The van der Waals surface area contributed by atoms with E-state index in [1.807, 2.05) is 16.7 Å². The number of ether oxygens (including phenoxy) is 1. The molecular weight excluding hydrogens is 280 g/mol. The third-order valence-corrected chi connectivity index (χ3v) is 3.62. The van der Waals surface area contributed by atoms with Crippen molar-refractivity contribution in [2.75, 3.05) is 6.61 Å². The van der Waals surface area contributed by atoms with Gasteiger partial charge in [-0.3, -0.25) is 0 Å². The zero-order chi connectivity index (χ0) is 15.5. The molecule has 3 N–H and O–H groups in total. The molecular formula is C16H20N4O2. The topological polar surface area (TPSA) is 81.6 Å². The minimum atomic E-state index is -0.515. The van der Waals surface area contributed by atoms with Crippen molar-refractivity contribution in [2.24, 2.45) is 5.73 Å². The summed E-state index contributed by atoms with van der Waals surface area (Å²) < 4.78 is 6.85. The summed E-state index contributed by atoms with van der Waals surface area (Å²) in [6.45, 7) is 2.55. The molecule has 0 saturated heterocycles. The van der Waals surface area contributed by atoms with E-state index >= 15 is 0 Å². The number of carbonyl (C=O) groups is 1. The van der Waals surface area contributed by atoms with Gasteiger partial charge in [0.25, 0.3) is 0 Å². The number of nitrogens with zero attached hydrogens (tertiary/aromatic N) is 2. The molecule has 1 fully saturated rings. The number of fused-ring (bicyclic) bond motifs is 1. The smallest absolute Gasteiger partial charge is 0.355 e. The van der Waals surface area contributed by atoms with Crippen LogP contribution in [0.1, 0.15) is 36.9 Å². The highest BCUT2D eigenvalue weighted by atomic mass is 16.5. The molecule has 0 spiro atoms. The number of aromatic nitrogens is 2. The number of hydrogen-bond donors (Lipinski definition) is 2. The van der Waals surface area contributed by atoms with Crippen molar-refractivity contribution in [3.63, 3.8) is 0 Å². The van der Waals surface area contributed by atoms with Gasteiger partial charge in [-0.1, -0.05) is 6.07 Å². The van der Waals surface area contributed by atoms with Crippen molar-refractivity contribution >= 4 is 11.6 Å². The van der Waals surface area contributed by atoms with Crippen LogP contribution < -0.4 is 11.1 Å². The van der Waals surface area contributed by atoms with Gasteiger partial charge in [-0.15, -0.1) is 0 Å². The molecule has 0 bridgehead atoms. The van der Waals surface area contributed by atoms with E-state index in [0.29, 0.717) is 13.2 Å². The van der Waals surface area contributed by atoms with Crippen LogP contribution >= 0.6 is 0 Å². The van der Waals surface area contributed by atoms with Crippen LogP contribution in [0.5, 0.6) is 0 Å². The van der Waals surface area contributed by atoms with Crippen LogP contribution in [-0.4, -0.2) is 22.0 Å². The summed E-state index contributed by atoms with van der Waals surface area (Å²) in [6, 6.07) is 4.19. The van der Waals surface area contributed by atoms with E-state index in [-0.39, 0.29) is 5.70 Å². The van der Waals surface area contributed by atoms with E-state index in [4.69, 9.17) is 10.5 Å². The second-order valence-electron chi connectivity index (χ2n) is 5.44. The number of hydrogen-bond acceptors (Lipinski definition) is 5. The second-order valence-corrected chi connectivity index (χ2v) is 5.44. The van der Waals surface area contributed by atoms with Crippen LogP contribution in [0.4, 0.5) is 0 Å². The molecule has 22 heavy (non-hydrogen) atoms. The van der Waals surface area contributed by atoms with Crippen molar-refractivity contribution in [3.05, 3.63) is 47.7 Å². The summed E-state index contributed by atoms with van der Waals surface area (Å²) in [5.74, 6) is 0.208. The maximum atomic E-state index is 11.4. The molecule has 0 aromatic carbocycles. The predicted octanol–water partition coefficient (Wildman–Crippen LogP) is 1.66. The summed E-state index contributed by atoms with van der Waals surface area (Å²) in [6.07, 6.45) is 8.16. The van der Waals surface area contributed by atoms with E-state index in [0.717, 1.165) is 17.3 Å². The highest BCUT2D eigenvalue weighted by Crippen LogP contribution is 2.39. The molecule has 0 radical (unpaired) electrons. The molecule has 2 aromatic heterocycles. The van der Waals surface area contributed by atoms with E-state index < -0.39 is 5.97 Å². The number of carbonyl (C=O) groups excluding carboxylic acids is 1. The Labute approximate surface area is 129 Å². The molecule has 2 heterocycles. The SMILES string of the molecule is CCOC(=O)/C(N)=C/NCc1cn2cc(C3CC3)ccc2n1. The lowest BCUT2D eigenvalue weighted by Crippen LogP contribution is -2.18. The number of nitrogens with one attached hydrogen (secondary N) is 1. The molecule has 0 atom stereocenters. The standard InChI is InChI=1S/C16H20N4O2/c1-2-22-16(21)14(17)8-18-7-13-10-20-9-12(11-3-4-11)5-6-15(20)19-13/h5-6,8-11,18H,2-4,7,17H2,1H3/b14-8-. The Bertz CT molecular complexity index is 716. The molecule has 116 valence electrons. The van der Waals surface area contributed by atoms with Gasteiger partial charge in [0.15, 0.2) is 0 Å². The third kappa shape index (κ3) is 3.21. The quantitative estimate of drug-likeness (QED) is 0.626. The van der Waals surface area contributed by atoms with Gasteiger partial charge in [0.2, 0.25) is 0 Å². The Morgan fingerprint density at radius 2 is 2.32 bits per heavy atom. The zero-order valence-electron chi connectivity index (χ0n) is 12.6. The predicted molar refractivity (Wildman–Crippen MR) is 82.9 cm³/mol. The molecule has 6 nitrogen and oxygen atoms in total. The highest BCUT2D eigenvalue weighted by Gasteiger charge is 2.23. The summed E-state index contributed by atoms with van der Waals surface area (Å²) in [5.41, 5.74) is 8.84. The normalized spacial score (nSPS) is 15.0. The Morgan fingerprint density at radius 3 is 3.05 bits per heavy atom. The van der Waals surface area contributed by atoms with Crippen molar-refractivity contribution in [3.8, 4) is 0 Å². The van der Waals surface area contributed by atoms with E-state index in [9.17, 15) is 4.79 Å². The van der Waals surface area contributed by atoms with Crippen molar-refractivity contribution in [1.82, 2.24) is 14.7 Å². The zero-order valence-corrected chi connectivity index (χ0v) is 12.6. The van der Waals surface area contributed by atoms with Gasteiger partial charge in [-0.25, -0.2) is 9.78 Å². The van der Waals surface area contributed by atoms with Crippen LogP contribution in [0.25, 0.3) is 5.65 Å². The van der Waals surface area contributed by atoms with E-state index in [1.165, 1.54) is 24.6 Å². The van der Waals surface area contributed by atoms with Gasteiger partial charge in [0.05, 0.1) is 18.8 Å². The summed E-state index contributed by atoms with van der Waals surface area (Å²) in [7, 11) is 0. The van der Waals surface area contributed by atoms with Crippen molar-refractivity contribution < 1.29 is 9.53 Å².